The van der Waals surface area contributed by atoms with Gasteiger partial charge in [0.25, 0.3) is 0 Å². The summed E-state index contributed by atoms with van der Waals surface area (Å²) < 4.78 is 17.0. The molecule has 0 unspecified atom stereocenters. The van der Waals surface area contributed by atoms with Crippen LogP contribution in [-0.4, -0.2) is 51.6 Å². The molecule has 30 heavy (non-hydrogen) atoms. The fourth-order valence-electron chi connectivity index (χ4n) is 3.12. The highest BCUT2D eigenvalue weighted by molar-refractivity contribution is 14.0. The molecule has 2 rings (SSSR count). The summed E-state index contributed by atoms with van der Waals surface area (Å²) in [5.74, 6) is 0.852. The van der Waals surface area contributed by atoms with Gasteiger partial charge in [-0.2, -0.15) is 0 Å². The minimum absolute atomic E-state index is 0. The van der Waals surface area contributed by atoms with E-state index < -0.39 is 0 Å². The van der Waals surface area contributed by atoms with Crippen LogP contribution in [0.4, 0.5) is 0 Å². The third kappa shape index (κ3) is 12.1. The summed E-state index contributed by atoms with van der Waals surface area (Å²) in [4.78, 5) is 4.72. The molecule has 1 fully saturated rings. The molecule has 0 atom stereocenters. The van der Waals surface area contributed by atoms with E-state index in [-0.39, 0.29) is 24.0 Å². The highest BCUT2D eigenvalue weighted by Gasteiger charge is 2.14. The minimum Gasteiger partial charge on any atom is -0.381 e. The van der Waals surface area contributed by atoms with Crippen LogP contribution in [-0.2, 0) is 27.4 Å². The monoisotopic (exact) mass is 533 g/mol. The van der Waals surface area contributed by atoms with E-state index >= 15 is 0 Å². The molecule has 6 nitrogen and oxygen atoms in total. The zero-order valence-electron chi connectivity index (χ0n) is 18.7. The van der Waals surface area contributed by atoms with Gasteiger partial charge in [0.1, 0.15) is 0 Å². The van der Waals surface area contributed by atoms with Crippen LogP contribution < -0.4 is 10.6 Å². The molecule has 0 aromatic heterocycles. The van der Waals surface area contributed by atoms with Gasteiger partial charge < -0.3 is 24.8 Å². The number of benzene rings is 1. The molecule has 0 spiro atoms. The lowest BCUT2D eigenvalue weighted by Gasteiger charge is -2.22. The molecule has 1 saturated heterocycles. The molecule has 1 aliphatic heterocycles. The quantitative estimate of drug-likeness (QED) is 0.172. The second-order valence-electron chi connectivity index (χ2n) is 7.38. The Morgan fingerprint density at radius 1 is 1.10 bits per heavy atom. The lowest BCUT2D eigenvalue weighted by atomic mass is 10.1. The molecule has 0 radical (unpaired) electrons. The molecular weight excluding hydrogens is 493 g/mol. The molecule has 1 aliphatic rings. The van der Waals surface area contributed by atoms with Crippen molar-refractivity contribution in [3.63, 3.8) is 0 Å². The van der Waals surface area contributed by atoms with Gasteiger partial charge in [-0.15, -0.1) is 24.0 Å². The number of nitrogens with zero attached hydrogens (tertiary/aromatic N) is 1. The van der Waals surface area contributed by atoms with Crippen molar-refractivity contribution in [2.45, 2.75) is 65.2 Å². The third-order valence-corrected chi connectivity index (χ3v) is 4.81. The SMILES string of the molecule is CCCCOCCCNC(=NCc1cccc(COC2CCOCC2)c1)NCC.I. The van der Waals surface area contributed by atoms with E-state index in [9.17, 15) is 0 Å². The fourth-order valence-corrected chi connectivity index (χ4v) is 3.12. The van der Waals surface area contributed by atoms with Gasteiger partial charge >= 0.3 is 0 Å². The summed E-state index contributed by atoms with van der Waals surface area (Å²) in [5, 5.41) is 6.70. The Balaban J connectivity index is 0.00000450. The van der Waals surface area contributed by atoms with E-state index in [4.69, 9.17) is 19.2 Å². The number of ether oxygens (including phenoxy) is 3. The van der Waals surface area contributed by atoms with Gasteiger partial charge in [-0.25, -0.2) is 4.99 Å². The van der Waals surface area contributed by atoms with Crippen LogP contribution in [0.15, 0.2) is 29.3 Å². The van der Waals surface area contributed by atoms with Crippen molar-refractivity contribution in [2.24, 2.45) is 4.99 Å². The second-order valence-corrected chi connectivity index (χ2v) is 7.38. The van der Waals surface area contributed by atoms with Crippen LogP contribution in [0.2, 0.25) is 0 Å². The van der Waals surface area contributed by atoms with Gasteiger partial charge in [-0.1, -0.05) is 37.6 Å². The summed E-state index contributed by atoms with van der Waals surface area (Å²) in [6.45, 7) is 10.5. The first-order valence-electron chi connectivity index (χ1n) is 11.2. The fraction of sp³-hybridized carbons (Fsp3) is 0.696. The van der Waals surface area contributed by atoms with E-state index in [2.05, 4.69) is 48.7 Å². The number of halogens is 1. The average molecular weight is 533 g/mol. The number of hydrogen-bond donors (Lipinski definition) is 2. The number of nitrogens with one attached hydrogen (secondary N) is 2. The first-order valence-corrected chi connectivity index (χ1v) is 11.2. The van der Waals surface area contributed by atoms with E-state index in [0.717, 1.165) is 71.2 Å². The maximum Gasteiger partial charge on any atom is 0.191 e. The van der Waals surface area contributed by atoms with Gasteiger partial charge in [-0.05, 0) is 43.7 Å². The van der Waals surface area contributed by atoms with Crippen LogP contribution in [0.1, 0.15) is 57.1 Å². The lowest BCUT2D eigenvalue weighted by Crippen LogP contribution is -2.38. The molecule has 0 aliphatic carbocycles. The van der Waals surface area contributed by atoms with Gasteiger partial charge in [0, 0.05) is 39.5 Å². The minimum atomic E-state index is 0. The lowest BCUT2D eigenvalue weighted by molar-refractivity contribution is -0.0390. The molecule has 1 aromatic carbocycles. The maximum atomic E-state index is 6.04. The Hall–Kier alpha value is -0.900. The summed E-state index contributed by atoms with van der Waals surface area (Å²) in [6, 6.07) is 8.51. The van der Waals surface area contributed by atoms with Crippen molar-refractivity contribution >= 4 is 29.9 Å². The number of aliphatic imine (C=N–C) groups is 1. The molecular formula is C23H40IN3O3. The van der Waals surface area contributed by atoms with Crippen molar-refractivity contribution in [3.8, 4) is 0 Å². The number of guanidine groups is 1. The number of rotatable bonds is 13. The molecule has 2 N–H and O–H groups in total. The molecule has 0 amide bonds. The van der Waals surface area contributed by atoms with Crippen molar-refractivity contribution in [2.75, 3.05) is 39.5 Å². The predicted octanol–water partition coefficient (Wildman–Crippen LogP) is 4.26. The van der Waals surface area contributed by atoms with E-state index in [0.29, 0.717) is 19.3 Å². The van der Waals surface area contributed by atoms with Crippen LogP contribution in [0, 0.1) is 0 Å². The van der Waals surface area contributed by atoms with E-state index in [1.54, 1.807) is 0 Å². The summed E-state index contributed by atoms with van der Waals surface area (Å²) >= 11 is 0. The predicted molar refractivity (Wildman–Crippen MR) is 134 cm³/mol. The largest absolute Gasteiger partial charge is 0.381 e. The Labute approximate surface area is 199 Å². The third-order valence-electron chi connectivity index (χ3n) is 4.81. The van der Waals surface area contributed by atoms with Crippen LogP contribution in [0.5, 0.6) is 0 Å². The summed E-state index contributed by atoms with van der Waals surface area (Å²) in [5.41, 5.74) is 2.39. The smallest absolute Gasteiger partial charge is 0.191 e. The zero-order valence-corrected chi connectivity index (χ0v) is 21.0. The van der Waals surface area contributed by atoms with Crippen LogP contribution >= 0.6 is 24.0 Å². The van der Waals surface area contributed by atoms with Crippen LogP contribution in [0.3, 0.4) is 0 Å². The normalized spacial score (nSPS) is 14.9. The number of unbranched alkanes of at least 4 members (excludes halogenated alkanes) is 1. The van der Waals surface area contributed by atoms with E-state index in [1.807, 2.05) is 0 Å². The van der Waals surface area contributed by atoms with Gasteiger partial charge in [0.2, 0.25) is 0 Å². The Bertz CT molecular complexity index is 581. The van der Waals surface area contributed by atoms with E-state index in [1.165, 1.54) is 17.5 Å². The molecule has 172 valence electrons. The maximum absolute atomic E-state index is 6.04. The summed E-state index contributed by atoms with van der Waals surface area (Å²) in [7, 11) is 0. The Morgan fingerprint density at radius 2 is 1.87 bits per heavy atom. The van der Waals surface area contributed by atoms with Gasteiger partial charge in [0.05, 0.1) is 19.3 Å². The Kier molecular flexibility index (Phi) is 16.1. The van der Waals surface area contributed by atoms with Crippen molar-refractivity contribution in [3.05, 3.63) is 35.4 Å². The Morgan fingerprint density at radius 3 is 2.63 bits per heavy atom. The molecule has 0 saturated carbocycles. The second kappa shape index (κ2) is 17.7. The molecule has 1 heterocycles. The molecule has 1 aromatic rings. The molecule has 0 bridgehead atoms. The van der Waals surface area contributed by atoms with Crippen molar-refractivity contribution < 1.29 is 14.2 Å². The van der Waals surface area contributed by atoms with Gasteiger partial charge in [-0.3, -0.25) is 0 Å². The summed E-state index contributed by atoms with van der Waals surface area (Å²) in [6.07, 6.45) is 5.60. The zero-order chi connectivity index (χ0) is 20.6. The standard InChI is InChI=1S/C23H39N3O3.HI/c1-3-5-13-27-14-7-12-25-23(24-4-2)26-18-20-8-6-9-21(17-20)19-29-22-10-15-28-16-11-22;/h6,8-9,17,22H,3-5,7,10-16,18-19H2,1-2H3,(H2,24,25,26);1H. The van der Waals surface area contributed by atoms with Crippen molar-refractivity contribution in [1.29, 1.82) is 0 Å². The first-order chi connectivity index (χ1) is 14.3. The van der Waals surface area contributed by atoms with Crippen LogP contribution in [0.25, 0.3) is 0 Å². The molecule has 7 heteroatoms. The number of hydrogen-bond acceptors (Lipinski definition) is 4. The highest BCUT2D eigenvalue weighted by Crippen LogP contribution is 2.14. The average Bonchev–Trinajstić information content (AvgIpc) is 2.76. The topological polar surface area (TPSA) is 64.1 Å². The first kappa shape index (κ1) is 27.1. The highest BCUT2D eigenvalue weighted by atomic mass is 127. The van der Waals surface area contributed by atoms with Crippen molar-refractivity contribution in [1.82, 2.24) is 10.6 Å². The van der Waals surface area contributed by atoms with Gasteiger partial charge in [0.15, 0.2) is 5.96 Å².